The van der Waals surface area contributed by atoms with Crippen LogP contribution in [0.2, 0.25) is 0 Å². The lowest BCUT2D eigenvalue weighted by Gasteiger charge is -2.29. The number of carbonyl (C=O) groups excluding carboxylic acids is 2. The van der Waals surface area contributed by atoms with Gasteiger partial charge in [-0.3, -0.25) is 9.59 Å². The third kappa shape index (κ3) is 5.11. The maximum Gasteiger partial charge on any atom is 0.326 e. The molecule has 1 amide bonds. The summed E-state index contributed by atoms with van der Waals surface area (Å²) in [6.07, 6.45) is 0.586. The molecule has 0 N–H and O–H groups in total. The number of benzene rings is 2. The van der Waals surface area contributed by atoms with Crippen LogP contribution < -0.4 is 14.3 Å². The van der Waals surface area contributed by atoms with Crippen molar-refractivity contribution in [1.29, 1.82) is 0 Å². The highest BCUT2D eigenvalue weighted by atomic mass is 32.2. The van der Waals surface area contributed by atoms with E-state index in [4.69, 9.17) is 14.2 Å². The van der Waals surface area contributed by atoms with E-state index in [2.05, 4.69) is 4.99 Å². The van der Waals surface area contributed by atoms with Crippen LogP contribution in [0.5, 0.6) is 11.5 Å². The number of ether oxygens (including phenoxy) is 3. The van der Waals surface area contributed by atoms with Gasteiger partial charge in [0, 0.05) is 31.1 Å². The first-order valence-corrected chi connectivity index (χ1v) is 13.9. The summed E-state index contributed by atoms with van der Waals surface area (Å²) in [6.45, 7) is 2.19. The van der Waals surface area contributed by atoms with Crippen molar-refractivity contribution in [3.63, 3.8) is 0 Å². The Morgan fingerprint density at radius 3 is 2.49 bits per heavy atom. The van der Waals surface area contributed by atoms with Crippen molar-refractivity contribution in [2.75, 3.05) is 26.5 Å². The second kappa shape index (κ2) is 10.2. The topological polar surface area (TPSA) is 116 Å². The third-order valence-electron chi connectivity index (χ3n) is 6.23. The molecule has 1 saturated heterocycles. The number of fused-ring (bicyclic) bond motifs is 2. The first kappa shape index (κ1) is 25.4. The zero-order valence-corrected chi connectivity index (χ0v) is 21.5. The predicted molar refractivity (Wildman–Crippen MR) is 131 cm³/mol. The first-order valence-electron chi connectivity index (χ1n) is 11.7. The molecular weight excluding hydrogens is 525 g/mol. The summed E-state index contributed by atoms with van der Waals surface area (Å²) in [5.74, 6) is -0.732. The first-order chi connectivity index (χ1) is 17.8. The molecule has 2 aromatic carbocycles. The maximum atomic E-state index is 13.2. The Bertz CT molecular complexity index is 1520. The summed E-state index contributed by atoms with van der Waals surface area (Å²) >= 11 is 1.24. The SMILES string of the molecule is CCOC(=O)Cn1c(=NC(=O)C2CCN(S(=O)(=O)c3ccc(F)cc3)CC2)sc2cc3c(cc21)OCO3. The number of piperidine rings is 1. The predicted octanol–water partition coefficient (Wildman–Crippen LogP) is 2.66. The highest BCUT2D eigenvalue weighted by Crippen LogP contribution is 2.37. The van der Waals surface area contributed by atoms with E-state index in [0.29, 0.717) is 34.7 Å². The van der Waals surface area contributed by atoms with Gasteiger partial charge in [0.15, 0.2) is 16.3 Å². The largest absolute Gasteiger partial charge is 0.465 e. The van der Waals surface area contributed by atoms with Gasteiger partial charge in [0.2, 0.25) is 16.8 Å². The molecule has 3 aromatic rings. The molecule has 0 spiro atoms. The molecule has 0 bridgehead atoms. The van der Waals surface area contributed by atoms with Crippen LogP contribution in [0.4, 0.5) is 4.39 Å². The highest BCUT2D eigenvalue weighted by molar-refractivity contribution is 7.89. The number of rotatable bonds is 6. The minimum Gasteiger partial charge on any atom is -0.465 e. The van der Waals surface area contributed by atoms with Crippen molar-refractivity contribution in [1.82, 2.24) is 8.87 Å². The van der Waals surface area contributed by atoms with E-state index < -0.39 is 27.7 Å². The summed E-state index contributed by atoms with van der Waals surface area (Å²) in [6, 6.07) is 8.19. The molecule has 5 rings (SSSR count). The fourth-order valence-electron chi connectivity index (χ4n) is 4.32. The average Bonchev–Trinajstić information content (AvgIpc) is 3.47. The van der Waals surface area contributed by atoms with Crippen LogP contribution in [0.15, 0.2) is 46.3 Å². The van der Waals surface area contributed by atoms with Gasteiger partial charge >= 0.3 is 5.97 Å². The molecule has 37 heavy (non-hydrogen) atoms. The summed E-state index contributed by atoms with van der Waals surface area (Å²) < 4.78 is 58.6. The zero-order chi connectivity index (χ0) is 26.2. The van der Waals surface area contributed by atoms with Crippen molar-refractivity contribution >= 4 is 43.5 Å². The van der Waals surface area contributed by atoms with Crippen LogP contribution in [0.3, 0.4) is 0 Å². The number of esters is 1. The van der Waals surface area contributed by atoms with Crippen molar-refractivity contribution < 1.29 is 36.6 Å². The smallest absolute Gasteiger partial charge is 0.326 e. The fraction of sp³-hybridized carbons (Fsp3) is 0.375. The number of hydrogen-bond donors (Lipinski definition) is 0. The molecule has 10 nitrogen and oxygen atoms in total. The van der Waals surface area contributed by atoms with E-state index >= 15 is 0 Å². The molecule has 0 atom stereocenters. The summed E-state index contributed by atoms with van der Waals surface area (Å²) in [7, 11) is -3.79. The van der Waals surface area contributed by atoms with E-state index in [1.165, 1.54) is 27.8 Å². The maximum absolute atomic E-state index is 13.2. The van der Waals surface area contributed by atoms with Crippen molar-refractivity contribution in [2.45, 2.75) is 31.2 Å². The van der Waals surface area contributed by atoms with Gasteiger partial charge in [0.1, 0.15) is 12.4 Å². The van der Waals surface area contributed by atoms with Crippen LogP contribution in [0.1, 0.15) is 19.8 Å². The minimum absolute atomic E-state index is 0.00787. The van der Waals surface area contributed by atoms with Gasteiger partial charge in [0.05, 0.1) is 21.7 Å². The molecule has 0 aliphatic carbocycles. The Morgan fingerprint density at radius 2 is 1.81 bits per heavy atom. The fourth-order valence-corrected chi connectivity index (χ4v) is 6.83. The number of nitrogens with zero attached hydrogens (tertiary/aromatic N) is 3. The van der Waals surface area contributed by atoms with Gasteiger partial charge in [-0.15, -0.1) is 0 Å². The Morgan fingerprint density at radius 1 is 1.14 bits per heavy atom. The Kier molecular flexibility index (Phi) is 7.01. The highest BCUT2D eigenvalue weighted by Gasteiger charge is 2.32. The monoisotopic (exact) mass is 549 g/mol. The lowest BCUT2D eigenvalue weighted by atomic mass is 9.98. The second-order valence-corrected chi connectivity index (χ2v) is 11.5. The van der Waals surface area contributed by atoms with Gasteiger partial charge in [-0.05, 0) is 44.0 Å². The number of amides is 1. The van der Waals surface area contributed by atoms with Gasteiger partial charge in [-0.2, -0.15) is 9.30 Å². The van der Waals surface area contributed by atoms with E-state index in [9.17, 15) is 22.4 Å². The lowest BCUT2D eigenvalue weighted by molar-refractivity contribution is -0.143. The molecule has 2 aliphatic heterocycles. The number of thiazole rings is 1. The van der Waals surface area contributed by atoms with Gasteiger partial charge < -0.3 is 18.8 Å². The van der Waals surface area contributed by atoms with Gasteiger partial charge in [-0.25, -0.2) is 12.8 Å². The van der Waals surface area contributed by atoms with Gasteiger partial charge in [0.25, 0.3) is 5.91 Å². The molecule has 1 fully saturated rings. The molecular formula is C24H24FN3O7S2. The van der Waals surface area contributed by atoms with Crippen molar-refractivity contribution in [2.24, 2.45) is 10.9 Å². The van der Waals surface area contributed by atoms with E-state index in [1.54, 1.807) is 23.6 Å². The summed E-state index contributed by atoms with van der Waals surface area (Å²) in [4.78, 5) is 30.1. The van der Waals surface area contributed by atoms with Crippen molar-refractivity contribution in [3.8, 4) is 11.5 Å². The van der Waals surface area contributed by atoms with Gasteiger partial charge in [-0.1, -0.05) is 11.3 Å². The van der Waals surface area contributed by atoms with Crippen molar-refractivity contribution in [3.05, 3.63) is 47.0 Å². The number of aromatic nitrogens is 1. The molecule has 196 valence electrons. The van der Waals surface area contributed by atoms with Crippen LogP contribution in [-0.4, -0.2) is 55.7 Å². The summed E-state index contributed by atoms with van der Waals surface area (Å²) in [5.41, 5.74) is 0.661. The molecule has 1 aromatic heterocycles. The number of halogens is 1. The van der Waals surface area contributed by atoms with Crippen LogP contribution in [-0.2, 0) is 30.9 Å². The Balaban J connectivity index is 1.38. The standard InChI is InChI=1S/C24H24FN3O7S2/c1-2-33-22(29)13-28-18-11-19-20(35-14-34-19)12-21(18)36-24(28)26-23(30)15-7-9-27(10-8-15)37(31,32)17-5-3-16(25)4-6-17/h3-6,11-12,15H,2,7-10,13-14H2,1H3. The minimum atomic E-state index is -3.79. The molecule has 3 heterocycles. The zero-order valence-electron chi connectivity index (χ0n) is 19.9. The van der Waals surface area contributed by atoms with Crippen LogP contribution in [0, 0.1) is 11.7 Å². The quantitative estimate of drug-likeness (QED) is 0.434. The lowest BCUT2D eigenvalue weighted by Crippen LogP contribution is -2.40. The molecule has 0 saturated carbocycles. The average molecular weight is 550 g/mol. The number of hydrogen-bond acceptors (Lipinski definition) is 8. The van der Waals surface area contributed by atoms with E-state index in [1.807, 2.05) is 0 Å². The number of carbonyl (C=O) groups is 2. The number of sulfonamides is 1. The Labute approximate surface area is 215 Å². The molecule has 0 radical (unpaired) electrons. The second-order valence-electron chi connectivity index (χ2n) is 8.53. The normalized spacial score (nSPS) is 16.9. The van der Waals surface area contributed by atoms with Crippen LogP contribution in [0.25, 0.3) is 10.2 Å². The molecule has 13 heteroatoms. The van der Waals surface area contributed by atoms with E-state index in [-0.39, 0.29) is 43.8 Å². The molecule has 0 unspecified atom stereocenters. The molecule has 2 aliphatic rings. The van der Waals surface area contributed by atoms with E-state index in [0.717, 1.165) is 16.8 Å². The van der Waals surface area contributed by atoms with Crippen LogP contribution >= 0.6 is 11.3 Å². The third-order valence-corrected chi connectivity index (χ3v) is 9.18. The summed E-state index contributed by atoms with van der Waals surface area (Å²) in [5, 5.41) is 0. The Hall–Kier alpha value is -3.29.